The number of fused-ring (bicyclic) bond motifs is 1. The summed E-state index contributed by atoms with van der Waals surface area (Å²) in [6.45, 7) is 5.42. The monoisotopic (exact) mass is 669 g/mol. The van der Waals surface area contributed by atoms with Crippen LogP contribution in [0.2, 0.25) is 0 Å². The maximum absolute atomic E-state index is 13.3. The number of aromatic nitrogens is 2. The predicted octanol–water partition coefficient (Wildman–Crippen LogP) is 6.55. The molecule has 0 fully saturated rings. The summed E-state index contributed by atoms with van der Waals surface area (Å²) in [5.41, 5.74) is 1.80. The van der Waals surface area contributed by atoms with E-state index < -0.39 is 17.4 Å². The molecule has 1 heterocycles. The molecular formula is C28H25Br2N5O5. The summed E-state index contributed by atoms with van der Waals surface area (Å²) in [6, 6.07) is 15.3. The van der Waals surface area contributed by atoms with Gasteiger partial charge in [0.15, 0.2) is 6.61 Å². The van der Waals surface area contributed by atoms with Crippen LogP contribution >= 0.6 is 31.9 Å². The number of carbonyl (C=O) groups excluding carboxylic acids is 1. The molecule has 0 spiro atoms. The first-order valence-electron chi connectivity index (χ1n) is 12.3. The first-order chi connectivity index (χ1) is 19.1. The van der Waals surface area contributed by atoms with Gasteiger partial charge < -0.3 is 10.1 Å². The Kier molecular flexibility index (Phi) is 9.10. The third-order valence-electron chi connectivity index (χ3n) is 6.13. The summed E-state index contributed by atoms with van der Waals surface area (Å²) in [4.78, 5) is 41.6. The Morgan fingerprint density at radius 3 is 2.60 bits per heavy atom. The smallest absolute Gasteiger partial charge is 0.312 e. The van der Waals surface area contributed by atoms with Crippen molar-refractivity contribution in [3.05, 3.63) is 101 Å². The molecule has 1 atom stereocenters. The van der Waals surface area contributed by atoms with Crippen LogP contribution in [-0.2, 0) is 4.79 Å². The molecule has 4 rings (SSSR count). The van der Waals surface area contributed by atoms with Gasteiger partial charge in [0, 0.05) is 27.7 Å². The normalized spacial score (nSPS) is 12.0. The minimum atomic E-state index is -0.610. The van der Waals surface area contributed by atoms with Gasteiger partial charge in [-0.1, -0.05) is 47.5 Å². The molecule has 40 heavy (non-hydrogen) atoms. The molecule has 0 radical (unpaired) electrons. The second kappa shape index (κ2) is 12.5. The number of aryl methyl sites for hydroxylation is 1. The van der Waals surface area contributed by atoms with Gasteiger partial charge in [0.05, 0.1) is 26.5 Å². The molecule has 1 aromatic heterocycles. The van der Waals surface area contributed by atoms with E-state index in [2.05, 4.69) is 47.3 Å². The highest BCUT2D eigenvalue weighted by Crippen LogP contribution is 2.36. The van der Waals surface area contributed by atoms with E-state index in [1.807, 2.05) is 39.0 Å². The number of nitro groups is 1. The Balaban J connectivity index is 1.64. The van der Waals surface area contributed by atoms with E-state index in [4.69, 9.17) is 4.74 Å². The number of ether oxygens (including phenoxy) is 1. The number of hydrogen-bond acceptors (Lipinski definition) is 7. The summed E-state index contributed by atoms with van der Waals surface area (Å²) in [5, 5.41) is 19.3. The van der Waals surface area contributed by atoms with Crippen LogP contribution < -0.4 is 15.6 Å². The molecule has 1 amide bonds. The number of rotatable bonds is 9. The van der Waals surface area contributed by atoms with Crippen molar-refractivity contribution in [2.75, 3.05) is 11.9 Å². The van der Waals surface area contributed by atoms with Gasteiger partial charge in [0.25, 0.3) is 11.5 Å². The van der Waals surface area contributed by atoms with Crippen molar-refractivity contribution in [1.29, 1.82) is 0 Å². The molecule has 3 aromatic carbocycles. The van der Waals surface area contributed by atoms with Gasteiger partial charge in [0.1, 0.15) is 5.82 Å². The van der Waals surface area contributed by atoms with E-state index in [1.54, 1.807) is 30.3 Å². The molecular weight excluding hydrogens is 646 g/mol. The van der Waals surface area contributed by atoms with Gasteiger partial charge in [-0.2, -0.15) is 9.78 Å². The Morgan fingerprint density at radius 1 is 1.20 bits per heavy atom. The maximum atomic E-state index is 13.3. The predicted molar refractivity (Wildman–Crippen MR) is 162 cm³/mol. The lowest BCUT2D eigenvalue weighted by atomic mass is 10.1. The van der Waals surface area contributed by atoms with Crippen LogP contribution in [-0.4, -0.2) is 33.3 Å². The van der Waals surface area contributed by atoms with Crippen LogP contribution in [0.15, 0.2) is 73.4 Å². The van der Waals surface area contributed by atoms with Gasteiger partial charge in [-0.25, -0.2) is 4.98 Å². The average molecular weight is 671 g/mol. The van der Waals surface area contributed by atoms with E-state index in [9.17, 15) is 19.7 Å². The molecule has 0 bridgehead atoms. The summed E-state index contributed by atoms with van der Waals surface area (Å²) in [6.07, 6.45) is 2.08. The first kappa shape index (κ1) is 29.1. The molecule has 0 saturated carbocycles. The van der Waals surface area contributed by atoms with E-state index >= 15 is 0 Å². The van der Waals surface area contributed by atoms with Crippen LogP contribution in [0.1, 0.15) is 43.1 Å². The lowest BCUT2D eigenvalue weighted by Crippen LogP contribution is -2.23. The Labute approximate surface area is 246 Å². The third-order valence-corrected chi connectivity index (χ3v) is 7.22. The standard InChI is InChI=1S/C28H25Br2N5O5/c1-4-17(3)27-33-23-10-7-19(29)13-21(23)28(37)34(27)31-14-18-11-22(30)26(24(12-18)35(38)39)40-15-25(36)32-20-8-5-16(2)6-9-20/h5-14,17H,4,15H2,1-3H3,(H,32,36)/t17-/m1/s1. The zero-order valence-corrected chi connectivity index (χ0v) is 25.0. The molecule has 0 aliphatic rings. The van der Waals surface area contributed by atoms with Crippen molar-refractivity contribution in [3.8, 4) is 5.75 Å². The van der Waals surface area contributed by atoms with E-state index in [-0.39, 0.29) is 27.4 Å². The second-order valence-electron chi connectivity index (χ2n) is 9.11. The number of amides is 1. The molecule has 206 valence electrons. The van der Waals surface area contributed by atoms with E-state index in [1.165, 1.54) is 17.0 Å². The van der Waals surface area contributed by atoms with Crippen molar-refractivity contribution in [1.82, 2.24) is 9.66 Å². The summed E-state index contributed by atoms with van der Waals surface area (Å²) >= 11 is 6.70. The first-order valence-corrected chi connectivity index (χ1v) is 13.9. The number of halogens is 2. The number of hydrogen-bond donors (Lipinski definition) is 1. The molecule has 0 unspecified atom stereocenters. The lowest BCUT2D eigenvalue weighted by Gasteiger charge is -2.14. The third kappa shape index (κ3) is 6.62. The van der Waals surface area contributed by atoms with Gasteiger partial charge in [-0.15, -0.1) is 0 Å². The van der Waals surface area contributed by atoms with Gasteiger partial charge in [-0.3, -0.25) is 19.7 Å². The number of nitro benzene ring substituents is 1. The average Bonchev–Trinajstić information content (AvgIpc) is 2.92. The molecule has 4 aromatic rings. The van der Waals surface area contributed by atoms with Crippen LogP contribution in [0.5, 0.6) is 5.75 Å². The fraction of sp³-hybridized carbons (Fsp3) is 0.214. The largest absolute Gasteiger partial charge is 0.476 e. The molecule has 12 heteroatoms. The Morgan fingerprint density at radius 2 is 1.93 bits per heavy atom. The van der Waals surface area contributed by atoms with Gasteiger partial charge in [0.2, 0.25) is 5.75 Å². The minimum Gasteiger partial charge on any atom is -0.476 e. The van der Waals surface area contributed by atoms with Gasteiger partial charge >= 0.3 is 5.69 Å². The molecule has 0 aliphatic heterocycles. The van der Waals surface area contributed by atoms with E-state index in [0.29, 0.717) is 28.0 Å². The highest BCUT2D eigenvalue weighted by Gasteiger charge is 2.22. The quantitative estimate of drug-likeness (QED) is 0.122. The molecule has 1 N–H and O–H groups in total. The summed E-state index contributed by atoms with van der Waals surface area (Å²) < 4.78 is 7.74. The second-order valence-corrected chi connectivity index (χ2v) is 10.9. The number of benzene rings is 3. The SMILES string of the molecule is CC[C@@H](C)c1nc2ccc(Br)cc2c(=O)n1N=Cc1cc(Br)c(OCC(=O)Nc2ccc(C)cc2)c([N+](=O)[O-])c1. The minimum absolute atomic E-state index is 0.0687. The molecule has 10 nitrogen and oxygen atoms in total. The number of carbonyl (C=O) groups is 1. The zero-order chi connectivity index (χ0) is 29.0. The van der Waals surface area contributed by atoms with Crippen molar-refractivity contribution in [2.45, 2.75) is 33.1 Å². The van der Waals surface area contributed by atoms with Crippen molar-refractivity contribution in [3.63, 3.8) is 0 Å². The van der Waals surface area contributed by atoms with Crippen LogP contribution in [0.4, 0.5) is 11.4 Å². The molecule has 0 aliphatic carbocycles. The topological polar surface area (TPSA) is 129 Å². The van der Waals surface area contributed by atoms with Crippen molar-refractivity contribution < 1.29 is 14.5 Å². The maximum Gasteiger partial charge on any atom is 0.312 e. The summed E-state index contributed by atoms with van der Waals surface area (Å²) in [7, 11) is 0. The highest BCUT2D eigenvalue weighted by molar-refractivity contribution is 9.10. The van der Waals surface area contributed by atoms with Crippen molar-refractivity contribution in [2.24, 2.45) is 5.10 Å². The van der Waals surface area contributed by atoms with Gasteiger partial charge in [-0.05, 0) is 65.7 Å². The highest BCUT2D eigenvalue weighted by atomic mass is 79.9. The number of anilines is 1. The van der Waals surface area contributed by atoms with Crippen LogP contribution in [0.3, 0.4) is 0 Å². The lowest BCUT2D eigenvalue weighted by molar-refractivity contribution is -0.385. The zero-order valence-electron chi connectivity index (χ0n) is 21.9. The van der Waals surface area contributed by atoms with Crippen LogP contribution in [0, 0.1) is 17.0 Å². The fourth-order valence-electron chi connectivity index (χ4n) is 3.83. The molecule has 0 saturated heterocycles. The number of nitrogens with one attached hydrogen (secondary N) is 1. The summed E-state index contributed by atoms with van der Waals surface area (Å²) in [5.74, 6) is -0.161. The van der Waals surface area contributed by atoms with Crippen LogP contribution in [0.25, 0.3) is 10.9 Å². The Hall–Kier alpha value is -3.90. The fourth-order valence-corrected chi connectivity index (χ4v) is 4.77. The number of nitrogens with zero attached hydrogens (tertiary/aromatic N) is 4. The Bertz CT molecular complexity index is 1690. The van der Waals surface area contributed by atoms with Crippen molar-refractivity contribution >= 4 is 66.3 Å². The van der Waals surface area contributed by atoms with E-state index in [0.717, 1.165) is 16.5 Å².